The van der Waals surface area contributed by atoms with E-state index in [2.05, 4.69) is 17.6 Å². The van der Waals surface area contributed by atoms with E-state index in [-0.39, 0.29) is 6.04 Å². The molecule has 0 radical (unpaired) electrons. The van der Waals surface area contributed by atoms with Crippen molar-refractivity contribution in [3.8, 4) is 0 Å². The van der Waals surface area contributed by atoms with Crippen LogP contribution in [0.1, 0.15) is 17.2 Å². The molecule has 1 aromatic carbocycles. The molecule has 78 valence electrons. The van der Waals surface area contributed by atoms with Crippen LogP contribution >= 0.6 is 0 Å². The molecule has 2 rings (SSSR count). The molecule has 1 atom stereocenters. The van der Waals surface area contributed by atoms with Crippen LogP contribution in [0, 0.1) is 0 Å². The summed E-state index contributed by atoms with van der Waals surface area (Å²) in [5, 5.41) is 0. The van der Waals surface area contributed by atoms with E-state index < -0.39 is 0 Å². The zero-order valence-electron chi connectivity index (χ0n) is 8.39. The van der Waals surface area contributed by atoms with Gasteiger partial charge in [0.25, 0.3) is 0 Å². The van der Waals surface area contributed by atoms with E-state index in [0.29, 0.717) is 0 Å². The zero-order valence-corrected chi connectivity index (χ0v) is 8.39. The highest BCUT2D eigenvalue weighted by Gasteiger charge is 2.10. The topological polar surface area (TPSA) is 51.2 Å². The summed E-state index contributed by atoms with van der Waals surface area (Å²) in [7, 11) is 0. The lowest BCUT2D eigenvalue weighted by Gasteiger charge is -2.14. The second kappa shape index (κ2) is 4.77. The predicted molar refractivity (Wildman–Crippen MR) is 58.9 cm³/mol. The molecule has 1 unspecified atom stereocenters. The van der Waals surface area contributed by atoms with Gasteiger partial charge in [-0.25, -0.2) is 0 Å². The molecule has 3 N–H and O–H groups in total. The lowest BCUT2D eigenvalue weighted by atomic mass is 10.0. The van der Waals surface area contributed by atoms with Crippen LogP contribution in [0.5, 0.6) is 0 Å². The van der Waals surface area contributed by atoms with Crippen molar-refractivity contribution in [3.05, 3.63) is 60.1 Å². The molecular weight excluding hydrogens is 188 g/mol. The smallest absolute Gasteiger partial charge is 0.0935 e. The Labute approximate surface area is 88.9 Å². The number of hydrazine groups is 1. The molecule has 0 saturated heterocycles. The SMILES string of the molecule is NNC(Cc1ccoc1)c1ccccc1. The van der Waals surface area contributed by atoms with Gasteiger partial charge in [0.2, 0.25) is 0 Å². The van der Waals surface area contributed by atoms with Gasteiger partial charge >= 0.3 is 0 Å². The summed E-state index contributed by atoms with van der Waals surface area (Å²) in [6.07, 6.45) is 4.25. The van der Waals surface area contributed by atoms with Gasteiger partial charge in [0.1, 0.15) is 0 Å². The standard InChI is InChI=1S/C12H14N2O/c13-14-12(8-10-6-7-15-9-10)11-4-2-1-3-5-11/h1-7,9,12,14H,8,13H2. The molecule has 3 heteroatoms. The highest BCUT2D eigenvalue weighted by molar-refractivity contribution is 5.21. The third kappa shape index (κ3) is 2.46. The first-order chi connectivity index (χ1) is 7.40. The summed E-state index contributed by atoms with van der Waals surface area (Å²) in [5.74, 6) is 5.54. The number of furan rings is 1. The maximum absolute atomic E-state index is 5.54. The minimum atomic E-state index is 0.129. The Morgan fingerprint density at radius 2 is 2.00 bits per heavy atom. The van der Waals surface area contributed by atoms with Gasteiger partial charge in [0.15, 0.2) is 0 Å². The molecule has 0 spiro atoms. The van der Waals surface area contributed by atoms with Crippen LogP contribution in [-0.4, -0.2) is 0 Å². The molecular formula is C12H14N2O. The number of hydrogen-bond acceptors (Lipinski definition) is 3. The Morgan fingerprint density at radius 1 is 1.20 bits per heavy atom. The van der Waals surface area contributed by atoms with Crippen LogP contribution in [0.25, 0.3) is 0 Å². The summed E-state index contributed by atoms with van der Waals surface area (Å²) in [4.78, 5) is 0. The monoisotopic (exact) mass is 202 g/mol. The lowest BCUT2D eigenvalue weighted by molar-refractivity contribution is 0.536. The quantitative estimate of drug-likeness (QED) is 0.589. The third-order valence-corrected chi connectivity index (χ3v) is 2.42. The molecule has 0 aliphatic rings. The maximum atomic E-state index is 5.54. The Kier molecular flexibility index (Phi) is 3.17. The van der Waals surface area contributed by atoms with Gasteiger partial charge in [-0.1, -0.05) is 30.3 Å². The molecule has 0 amide bonds. The highest BCUT2D eigenvalue weighted by Crippen LogP contribution is 2.17. The molecule has 15 heavy (non-hydrogen) atoms. The maximum Gasteiger partial charge on any atom is 0.0935 e. The number of benzene rings is 1. The van der Waals surface area contributed by atoms with Gasteiger partial charge in [-0.05, 0) is 23.6 Å². The third-order valence-electron chi connectivity index (χ3n) is 2.42. The molecule has 1 aromatic heterocycles. The molecule has 3 nitrogen and oxygen atoms in total. The van der Waals surface area contributed by atoms with Crippen LogP contribution < -0.4 is 11.3 Å². The van der Waals surface area contributed by atoms with E-state index in [1.165, 1.54) is 5.56 Å². The molecule has 0 fully saturated rings. The Morgan fingerprint density at radius 3 is 2.60 bits per heavy atom. The normalized spacial score (nSPS) is 12.6. The highest BCUT2D eigenvalue weighted by atomic mass is 16.3. The fourth-order valence-electron chi connectivity index (χ4n) is 1.60. The zero-order chi connectivity index (χ0) is 10.5. The van der Waals surface area contributed by atoms with Crippen molar-refractivity contribution >= 4 is 0 Å². The summed E-state index contributed by atoms with van der Waals surface area (Å²) < 4.78 is 5.03. The average Bonchev–Trinajstić information content (AvgIpc) is 2.80. The molecule has 0 aliphatic carbocycles. The summed E-state index contributed by atoms with van der Waals surface area (Å²) in [6, 6.07) is 12.2. The molecule has 2 aromatic rings. The molecule has 0 saturated carbocycles. The van der Waals surface area contributed by atoms with Crippen molar-refractivity contribution in [3.63, 3.8) is 0 Å². The summed E-state index contributed by atoms with van der Waals surface area (Å²) >= 11 is 0. The van der Waals surface area contributed by atoms with Crippen LogP contribution in [-0.2, 0) is 6.42 Å². The first-order valence-corrected chi connectivity index (χ1v) is 4.92. The number of rotatable bonds is 4. The van der Waals surface area contributed by atoms with Gasteiger partial charge in [-0.2, -0.15) is 0 Å². The molecule has 0 aliphatic heterocycles. The van der Waals surface area contributed by atoms with E-state index >= 15 is 0 Å². The minimum absolute atomic E-state index is 0.129. The Balaban J connectivity index is 2.12. The lowest BCUT2D eigenvalue weighted by Crippen LogP contribution is -2.29. The summed E-state index contributed by atoms with van der Waals surface area (Å²) in [6.45, 7) is 0. The van der Waals surface area contributed by atoms with Crippen molar-refractivity contribution < 1.29 is 4.42 Å². The Bertz CT molecular complexity index is 383. The number of nitrogens with two attached hydrogens (primary N) is 1. The van der Waals surface area contributed by atoms with E-state index in [9.17, 15) is 0 Å². The van der Waals surface area contributed by atoms with Crippen LogP contribution in [0.4, 0.5) is 0 Å². The van der Waals surface area contributed by atoms with Gasteiger partial charge in [-0.3, -0.25) is 11.3 Å². The van der Waals surface area contributed by atoms with E-state index in [1.54, 1.807) is 12.5 Å². The van der Waals surface area contributed by atoms with Crippen molar-refractivity contribution in [2.75, 3.05) is 0 Å². The first-order valence-electron chi connectivity index (χ1n) is 4.92. The average molecular weight is 202 g/mol. The van der Waals surface area contributed by atoms with Gasteiger partial charge in [0.05, 0.1) is 18.6 Å². The van der Waals surface area contributed by atoms with Crippen molar-refractivity contribution in [1.82, 2.24) is 5.43 Å². The fraction of sp³-hybridized carbons (Fsp3) is 0.167. The number of hydrogen-bond donors (Lipinski definition) is 2. The van der Waals surface area contributed by atoms with E-state index in [4.69, 9.17) is 10.3 Å². The van der Waals surface area contributed by atoms with Crippen LogP contribution in [0.15, 0.2) is 53.3 Å². The van der Waals surface area contributed by atoms with Crippen LogP contribution in [0.3, 0.4) is 0 Å². The first kappa shape index (κ1) is 9.96. The molecule has 1 heterocycles. The number of nitrogens with one attached hydrogen (secondary N) is 1. The Hall–Kier alpha value is -1.58. The van der Waals surface area contributed by atoms with Crippen molar-refractivity contribution in [2.24, 2.45) is 5.84 Å². The second-order valence-electron chi connectivity index (χ2n) is 3.47. The van der Waals surface area contributed by atoms with Gasteiger partial charge < -0.3 is 4.42 Å². The van der Waals surface area contributed by atoms with Gasteiger partial charge in [-0.15, -0.1) is 0 Å². The van der Waals surface area contributed by atoms with Crippen molar-refractivity contribution in [1.29, 1.82) is 0 Å². The molecule has 0 bridgehead atoms. The van der Waals surface area contributed by atoms with Crippen molar-refractivity contribution in [2.45, 2.75) is 12.5 Å². The van der Waals surface area contributed by atoms with E-state index in [0.717, 1.165) is 12.0 Å². The second-order valence-corrected chi connectivity index (χ2v) is 3.47. The largest absolute Gasteiger partial charge is 0.472 e. The summed E-state index contributed by atoms with van der Waals surface area (Å²) in [5.41, 5.74) is 5.14. The van der Waals surface area contributed by atoms with Gasteiger partial charge in [0, 0.05) is 0 Å². The van der Waals surface area contributed by atoms with Crippen LogP contribution in [0.2, 0.25) is 0 Å². The fourth-order valence-corrected chi connectivity index (χ4v) is 1.60. The van der Waals surface area contributed by atoms with E-state index in [1.807, 2.05) is 24.3 Å². The predicted octanol–water partition coefficient (Wildman–Crippen LogP) is 2.03. The minimum Gasteiger partial charge on any atom is -0.472 e.